The fourth-order valence-electron chi connectivity index (χ4n) is 3.47. The minimum atomic E-state index is -0.880. The van der Waals surface area contributed by atoms with Gasteiger partial charge in [0.1, 0.15) is 5.75 Å². The molecule has 5 nitrogen and oxygen atoms in total. The van der Waals surface area contributed by atoms with E-state index in [9.17, 15) is 14.4 Å². The molecule has 0 aromatic heterocycles. The van der Waals surface area contributed by atoms with Gasteiger partial charge < -0.3 is 9.47 Å². The van der Waals surface area contributed by atoms with Crippen LogP contribution < -0.4 is 4.74 Å². The second-order valence-electron chi connectivity index (χ2n) is 5.85. The molecule has 0 spiro atoms. The zero-order valence-electron chi connectivity index (χ0n) is 13.4. The molecule has 1 aromatic rings. The molecule has 0 bridgehead atoms. The smallest absolute Gasteiger partial charge is 0.341 e. The van der Waals surface area contributed by atoms with Gasteiger partial charge in [0.15, 0.2) is 11.6 Å². The van der Waals surface area contributed by atoms with Crippen LogP contribution in [-0.2, 0) is 20.7 Å². The molecule has 0 N–H and O–H groups in total. The van der Waals surface area contributed by atoms with Crippen LogP contribution in [0, 0.1) is 11.8 Å². The predicted octanol–water partition coefficient (Wildman–Crippen LogP) is 2.78. The molecular weight excluding hydrogens is 332 g/mol. The number of carbonyl (C=O) groups excluding carboxylic acids is 3. The molecule has 0 aliphatic heterocycles. The van der Waals surface area contributed by atoms with Crippen LogP contribution in [0.4, 0.5) is 0 Å². The standard InChI is InChI=1S/C18H17ClO5/c1-3-24-18(22)10-5-4-9-8-11-12(19)6-7-13(23-2)15(11)17(21)14(9)16(10)20/h5-7,9,14H,3-4,8H2,1-2H3. The van der Waals surface area contributed by atoms with Gasteiger partial charge in [-0.3, -0.25) is 9.59 Å². The molecule has 1 aromatic carbocycles. The third-order valence-corrected chi connectivity index (χ3v) is 4.93. The number of benzene rings is 1. The minimum Gasteiger partial charge on any atom is -0.496 e. The molecule has 0 fully saturated rings. The number of ketones is 2. The van der Waals surface area contributed by atoms with E-state index in [0.717, 1.165) is 0 Å². The first kappa shape index (κ1) is 16.7. The summed E-state index contributed by atoms with van der Waals surface area (Å²) in [5.74, 6) is -2.15. The van der Waals surface area contributed by atoms with Crippen LogP contribution >= 0.6 is 11.6 Å². The van der Waals surface area contributed by atoms with Crippen LogP contribution in [0.25, 0.3) is 0 Å². The van der Waals surface area contributed by atoms with Gasteiger partial charge >= 0.3 is 5.97 Å². The quantitative estimate of drug-likeness (QED) is 0.477. The van der Waals surface area contributed by atoms with E-state index >= 15 is 0 Å². The summed E-state index contributed by atoms with van der Waals surface area (Å²) in [5.41, 5.74) is 1.03. The maximum Gasteiger partial charge on any atom is 0.341 e. The van der Waals surface area contributed by atoms with Crippen molar-refractivity contribution in [2.45, 2.75) is 19.8 Å². The lowest BCUT2D eigenvalue weighted by Crippen LogP contribution is -2.42. The van der Waals surface area contributed by atoms with E-state index in [4.69, 9.17) is 21.1 Å². The molecule has 2 atom stereocenters. The van der Waals surface area contributed by atoms with Gasteiger partial charge in [-0.15, -0.1) is 0 Å². The molecule has 2 aliphatic carbocycles. The van der Waals surface area contributed by atoms with Crippen molar-refractivity contribution >= 4 is 29.1 Å². The number of hydrogen-bond donors (Lipinski definition) is 0. The molecule has 126 valence electrons. The SMILES string of the molecule is CCOC(=O)C1=CCC2Cc3c(Cl)ccc(OC)c3C(=O)C2C1=O. The van der Waals surface area contributed by atoms with E-state index in [-0.39, 0.29) is 23.9 Å². The van der Waals surface area contributed by atoms with Crippen molar-refractivity contribution in [1.82, 2.24) is 0 Å². The first-order chi connectivity index (χ1) is 11.5. The molecule has 0 saturated carbocycles. The van der Waals surface area contributed by atoms with E-state index < -0.39 is 17.7 Å². The largest absolute Gasteiger partial charge is 0.496 e. The Kier molecular flexibility index (Phi) is 4.45. The van der Waals surface area contributed by atoms with Gasteiger partial charge in [-0.1, -0.05) is 17.7 Å². The number of allylic oxidation sites excluding steroid dienone is 1. The number of esters is 1. The van der Waals surface area contributed by atoms with Gasteiger partial charge in [-0.25, -0.2) is 4.79 Å². The van der Waals surface area contributed by atoms with Crippen LogP contribution in [0.3, 0.4) is 0 Å². The van der Waals surface area contributed by atoms with Crippen molar-refractivity contribution in [2.24, 2.45) is 11.8 Å². The molecule has 2 unspecified atom stereocenters. The zero-order valence-corrected chi connectivity index (χ0v) is 14.2. The molecule has 24 heavy (non-hydrogen) atoms. The highest BCUT2D eigenvalue weighted by Gasteiger charge is 2.46. The van der Waals surface area contributed by atoms with Gasteiger partial charge in [0.05, 0.1) is 30.8 Å². The minimum absolute atomic E-state index is 0.0316. The number of rotatable bonds is 3. The summed E-state index contributed by atoms with van der Waals surface area (Å²) in [5, 5.41) is 0.491. The van der Waals surface area contributed by atoms with Gasteiger partial charge in [0.25, 0.3) is 0 Å². The summed E-state index contributed by atoms with van der Waals surface area (Å²) >= 11 is 6.24. The summed E-state index contributed by atoms with van der Waals surface area (Å²) < 4.78 is 10.2. The van der Waals surface area contributed by atoms with Crippen molar-refractivity contribution < 1.29 is 23.9 Å². The molecule has 0 heterocycles. The normalized spacial score (nSPS) is 22.4. The first-order valence-corrected chi connectivity index (χ1v) is 8.18. The third-order valence-electron chi connectivity index (χ3n) is 4.57. The highest BCUT2D eigenvalue weighted by Crippen LogP contribution is 2.43. The van der Waals surface area contributed by atoms with Crippen LogP contribution in [0.15, 0.2) is 23.8 Å². The van der Waals surface area contributed by atoms with Gasteiger partial charge in [-0.2, -0.15) is 0 Å². The zero-order chi connectivity index (χ0) is 17.4. The van der Waals surface area contributed by atoms with Crippen molar-refractivity contribution in [2.75, 3.05) is 13.7 Å². The summed E-state index contributed by atoms with van der Waals surface area (Å²) in [6.45, 7) is 1.85. The number of carbonyl (C=O) groups is 3. The van der Waals surface area contributed by atoms with Gasteiger partial charge in [0, 0.05) is 5.02 Å². The number of ether oxygens (including phenoxy) is 2. The lowest BCUT2D eigenvalue weighted by molar-refractivity contribution is -0.140. The average molecular weight is 349 g/mol. The van der Waals surface area contributed by atoms with E-state index in [1.54, 1.807) is 25.1 Å². The van der Waals surface area contributed by atoms with Crippen LogP contribution in [-0.4, -0.2) is 31.3 Å². The van der Waals surface area contributed by atoms with Crippen LogP contribution in [0.5, 0.6) is 5.75 Å². The number of hydrogen-bond acceptors (Lipinski definition) is 5. The molecular formula is C18H17ClO5. The van der Waals surface area contributed by atoms with Crippen molar-refractivity contribution in [1.29, 1.82) is 0 Å². The van der Waals surface area contributed by atoms with Crippen molar-refractivity contribution in [3.8, 4) is 5.75 Å². The summed E-state index contributed by atoms with van der Waals surface area (Å²) in [6.07, 6.45) is 2.54. The van der Waals surface area contributed by atoms with E-state index in [1.165, 1.54) is 7.11 Å². The Labute approximate surface area is 144 Å². The van der Waals surface area contributed by atoms with Crippen LogP contribution in [0.1, 0.15) is 29.3 Å². The maximum absolute atomic E-state index is 13.0. The molecule has 3 rings (SSSR count). The second kappa shape index (κ2) is 6.40. The lowest BCUT2D eigenvalue weighted by Gasteiger charge is -2.34. The Morgan fingerprint density at radius 1 is 1.29 bits per heavy atom. The summed E-state index contributed by atoms with van der Waals surface area (Å²) in [4.78, 5) is 37.6. The lowest BCUT2D eigenvalue weighted by atomic mass is 9.67. The highest BCUT2D eigenvalue weighted by atomic mass is 35.5. The van der Waals surface area contributed by atoms with E-state index in [2.05, 4.69) is 0 Å². The molecule has 0 saturated heterocycles. The second-order valence-corrected chi connectivity index (χ2v) is 6.25. The third kappa shape index (κ3) is 2.53. The molecule has 2 aliphatic rings. The number of halogens is 1. The fraction of sp³-hybridized carbons (Fsp3) is 0.389. The Bertz CT molecular complexity index is 765. The molecule has 6 heteroatoms. The van der Waals surface area contributed by atoms with Gasteiger partial charge in [0.2, 0.25) is 0 Å². The number of methoxy groups -OCH3 is 1. The Morgan fingerprint density at radius 3 is 2.71 bits per heavy atom. The summed E-state index contributed by atoms with van der Waals surface area (Å²) in [6, 6.07) is 3.31. The highest BCUT2D eigenvalue weighted by molar-refractivity contribution is 6.33. The number of Topliss-reactive ketones (excluding diaryl/α,β-unsaturated/α-hetero) is 2. The monoisotopic (exact) mass is 348 g/mol. The van der Waals surface area contributed by atoms with E-state index in [0.29, 0.717) is 34.7 Å². The van der Waals surface area contributed by atoms with Crippen LogP contribution in [0.2, 0.25) is 5.02 Å². The Morgan fingerprint density at radius 2 is 2.04 bits per heavy atom. The van der Waals surface area contributed by atoms with Crippen molar-refractivity contribution in [3.63, 3.8) is 0 Å². The molecule has 0 amide bonds. The Hall–Kier alpha value is -2.14. The molecule has 0 radical (unpaired) electrons. The van der Waals surface area contributed by atoms with Gasteiger partial charge in [-0.05, 0) is 43.4 Å². The summed E-state index contributed by atoms with van der Waals surface area (Å²) in [7, 11) is 1.47. The van der Waals surface area contributed by atoms with E-state index in [1.807, 2.05) is 0 Å². The first-order valence-electron chi connectivity index (χ1n) is 7.80. The Balaban J connectivity index is 2.03. The average Bonchev–Trinajstić information content (AvgIpc) is 2.56. The maximum atomic E-state index is 13.0. The van der Waals surface area contributed by atoms with Crippen molar-refractivity contribution in [3.05, 3.63) is 39.9 Å². The number of fused-ring (bicyclic) bond motifs is 2. The fourth-order valence-corrected chi connectivity index (χ4v) is 3.71. The predicted molar refractivity (Wildman–Crippen MR) is 87.4 cm³/mol. The topological polar surface area (TPSA) is 69.7 Å².